The molecule has 1 aromatic carbocycles. The third-order valence-electron chi connectivity index (χ3n) is 1.79. The molecule has 3 nitrogen and oxygen atoms in total. The summed E-state index contributed by atoms with van der Waals surface area (Å²) in [5, 5.41) is 11.0. The van der Waals surface area contributed by atoms with Crippen LogP contribution in [0.4, 0.5) is 0 Å². The second kappa shape index (κ2) is 5.54. The molecule has 0 N–H and O–H groups in total. The van der Waals surface area contributed by atoms with Crippen molar-refractivity contribution in [3.8, 4) is 0 Å². The number of hydrogen-bond donors (Lipinski definition) is 0. The van der Waals surface area contributed by atoms with E-state index in [9.17, 15) is 10.1 Å². The lowest BCUT2D eigenvalue weighted by Crippen LogP contribution is -1.90. The number of aryl methyl sites for hydroxylation is 1. The number of benzene rings is 1. The predicted octanol–water partition coefficient (Wildman–Crippen LogP) is 2.87. The van der Waals surface area contributed by atoms with E-state index in [0.29, 0.717) is 0 Å². The first-order valence-electron chi connectivity index (χ1n) is 4.19. The van der Waals surface area contributed by atoms with Crippen LogP contribution < -0.4 is 0 Å². The van der Waals surface area contributed by atoms with Crippen LogP contribution in [0.2, 0.25) is 0 Å². The lowest BCUT2D eigenvalue weighted by Gasteiger charge is -2.01. The van der Waals surface area contributed by atoms with Crippen molar-refractivity contribution in [2.24, 2.45) is 0 Å². The fourth-order valence-electron chi connectivity index (χ4n) is 1.17. The number of hydrogen-bond acceptors (Lipinski definition) is 2. The monoisotopic (exact) mass is 255 g/mol. The highest BCUT2D eigenvalue weighted by molar-refractivity contribution is 9.09. The molecule has 0 radical (unpaired) electrons. The van der Waals surface area contributed by atoms with Crippen molar-refractivity contribution in [2.45, 2.75) is 6.42 Å². The Balaban J connectivity index is 2.89. The van der Waals surface area contributed by atoms with Gasteiger partial charge in [-0.25, -0.2) is 0 Å². The first-order valence-corrected chi connectivity index (χ1v) is 5.31. The molecular formula is C10H10BrNO2. The number of alkyl halides is 1. The van der Waals surface area contributed by atoms with Crippen LogP contribution in [0.5, 0.6) is 0 Å². The van der Waals surface area contributed by atoms with Crippen LogP contribution in [-0.4, -0.2) is 10.3 Å². The first-order chi connectivity index (χ1) is 6.74. The minimum Gasteiger partial charge on any atom is -0.259 e. The number of nitro groups is 1. The molecule has 0 saturated heterocycles. The van der Waals surface area contributed by atoms with Crippen LogP contribution in [0, 0.1) is 10.1 Å². The molecule has 0 bridgehead atoms. The van der Waals surface area contributed by atoms with Gasteiger partial charge in [-0.15, -0.1) is 0 Å². The van der Waals surface area contributed by atoms with E-state index in [1.165, 1.54) is 6.08 Å². The summed E-state index contributed by atoms with van der Waals surface area (Å²) in [6.45, 7) is 0. The van der Waals surface area contributed by atoms with E-state index in [-0.39, 0.29) is 0 Å². The zero-order valence-electron chi connectivity index (χ0n) is 7.52. The van der Waals surface area contributed by atoms with Gasteiger partial charge in [0.25, 0.3) is 0 Å². The van der Waals surface area contributed by atoms with Gasteiger partial charge in [0, 0.05) is 11.4 Å². The Labute approximate surface area is 90.7 Å². The summed E-state index contributed by atoms with van der Waals surface area (Å²) in [6.07, 6.45) is 3.36. The van der Waals surface area contributed by atoms with E-state index in [0.717, 1.165) is 29.1 Å². The highest BCUT2D eigenvalue weighted by atomic mass is 79.9. The van der Waals surface area contributed by atoms with Crippen LogP contribution >= 0.6 is 15.9 Å². The van der Waals surface area contributed by atoms with Gasteiger partial charge in [-0.3, -0.25) is 10.1 Å². The Morgan fingerprint density at radius 3 is 2.79 bits per heavy atom. The van der Waals surface area contributed by atoms with Crippen molar-refractivity contribution in [3.63, 3.8) is 0 Å². The summed E-state index contributed by atoms with van der Waals surface area (Å²) < 4.78 is 0. The summed E-state index contributed by atoms with van der Waals surface area (Å²) in [5.41, 5.74) is 2.02. The number of nitrogens with zero attached hydrogens (tertiary/aromatic N) is 1. The fraction of sp³-hybridized carbons (Fsp3) is 0.200. The number of halogens is 1. The van der Waals surface area contributed by atoms with Crippen LogP contribution in [0.25, 0.3) is 6.08 Å². The molecule has 0 saturated carbocycles. The molecule has 0 unspecified atom stereocenters. The van der Waals surface area contributed by atoms with Gasteiger partial charge < -0.3 is 0 Å². The molecule has 1 rings (SSSR count). The van der Waals surface area contributed by atoms with Crippen molar-refractivity contribution in [3.05, 3.63) is 51.7 Å². The fourth-order valence-corrected chi connectivity index (χ4v) is 1.59. The van der Waals surface area contributed by atoms with Crippen molar-refractivity contribution in [2.75, 3.05) is 5.33 Å². The normalized spacial score (nSPS) is 10.6. The Morgan fingerprint density at radius 2 is 2.14 bits per heavy atom. The smallest absolute Gasteiger partial charge is 0.235 e. The maximum Gasteiger partial charge on any atom is 0.235 e. The summed E-state index contributed by atoms with van der Waals surface area (Å²) >= 11 is 3.34. The van der Waals surface area contributed by atoms with E-state index < -0.39 is 4.92 Å². The molecular weight excluding hydrogens is 246 g/mol. The maximum atomic E-state index is 10.2. The maximum absolute atomic E-state index is 10.2. The number of rotatable bonds is 4. The summed E-state index contributed by atoms with van der Waals surface area (Å²) in [4.78, 5) is 9.70. The molecule has 14 heavy (non-hydrogen) atoms. The Bertz CT molecular complexity index is 350. The van der Waals surface area contributed by atoms with Crippen LogP contribution in [0.1, 0.15) is 11.1 Å². The minimum atomic E-state index is -0.453. The average Bonchev–Trinajstić information content (AvgIpc) is 2.17. The van der Waals surface area contributed by atoms with Gasteiger partial charge in [0.05, 0.1) is 4.92 Å². The third-order valence-corrected chi connectivity index (χ3v) is 2.19. The highest BCUT2D eigenvalue weighted by Crippen LogP contribution is 2.12. The van der Waals surface area contributed by atoms with Gasteiger partial charge in [-0.05, 0) is 17.5 Å². The van der Waals surface area contributed by atoms with Crippen molar-refractivity contribution in [1.82, 2.24) is 0 Å². The van der Waals surface area contributed by atoms with Gasteiger partial charge >= 0.3 is 0 Å². The Kier molecular flexibility index (Phi) is 4.32. The predicted molar refractivity (Wildman–Crippen MR) is 60.0 cm³/mol. The largest absolute Gasteiger partial charge is 0.259 e. The van der Waals surface area contributed by atoms with Crippen molar-refractivity contribution in [1.29, 1.82) is 0 Å². The lowest BCUT2D eigenvalue weighted by molar-refractivity contribution is -0.400. The summed E-state index contributed by atoms with van der Waals surface area (Å²) in [5.74, 6) is 0. The Hall–Kier alpha value is -1.16. The van der Waals surface area contributed by atoms with E-state index in [1.54, 1.807) is 0 Å². The molecule has 4 heteroatoms. The molecule has 0 fully saturated rings. The van der Waals surface area contributed by atoms with Crippen LogP contribution in [0.15, 0.2) is 30.5 Å². The first kappa shape index (κ1) is 10.9. The molecule has 0 aliphatic rings. The molecule has 0 aliphatic carbocycles. The molecule has 0 heterocycles. The summed E-state index contributed by atoms with van der Waals surface area (Å²) in [6, 6.07) is 7.65. The highest BCUT2D eigenvalue weighted by Gasteiger charge is 1.98. The zero-order valence-corrected chi connectivity index (χ0v) is 9.11. The quantitative estimate of drug-likeness (QED) is 0.472. The minimum absolute atomic E-state index is 0.453. The van der Waals surface area contributed by atoms with Crippen molar-refractivity contribution < 1.29 is 4.92 Å². The van der Waals surface area contributed by atoms with Crippen molar-refractivity contribution >= 4 is 22.0 Å². The third kappa shape index (κ3) is 3.30. The SMILES string of the molecule is O=[N+]([O-])C=Cc1ccccc1CCBr. The molecule has 74 valence electrons. The molecule has 0 spiro atoms. The molecule has 0 amide bonds. The summed E-state index contributed by atoms with van der Waals surface area (Å²) in [7, 11) is 0. The van der Waals surface area contributed by atoms with Crippen LogP contribution in [-0.2, 0) is 6.42 Å². The topological polar surface area (TPSA) is 43.1 Å². The molecule has 0 atom stereocenters. The second-order valence-electron chi connectivity index (χ2n) is 2.74. The Morgan fingerprint density at radius 1 is 1.43 bits per heavy atom. The van der Waals surface area contributed by atoms with Gasteiger partial charge in [0.2, 0.25) is 6.20 Å². The van der Waals surface area contributed by atoms with Gasteiger partial charge in [-0.2, -0.15) is 0 Å². The average molecular weight is 256 g/mol. The van der Waals surface area contributed by atoms with Gasteiger partial charge in [-0.1, -0.05) is 40.2 Å². The van der Waals surface area contributed by atoms with Gasteiger partial charge in [0.1, 0.15) is 0 Å². The van der Waals surface area contributed by atoms with E-state index in [2.05, 4.69) is 15.9 Å². The van der Waals surface area contributed by atoms with E-state index >= 15 is 0 Å². The standard InChI is InChI=1S/C10H10BrNO2/c11-7-5-9-3-1-2-4-10(9)6-8-12(13)14/h1-4,6,8H,5,7H2. The molecule has 0 aliphatic heterocycles. The van der Waals surface area contributed by atoms with Crippen LogP contribution in [0.3, 0.4) is 0 Å². The van der Waals surface area contributed by atoms with Gasteiger partial charge in [0.15, 0.2) is 0 Å². The second-order valence-corrected chi connectivity index (χ2v) is 3.53. The van der Waals surface area contributed by atoms with E-state index in [1.807, 2.05) is 24.3 Å². The zero-order chi connectivity index (χ0) is 10.4. The molecule has 0 aromatic heterocycles. The molecule has 1 aromatic rings. The van der Waals surface area contributed by atoms with E-state index in [4.69, 9.17) is 0 Å². The lowest BCUT2D eigenvalue weighted by atomic mass is 10.1.